The van der Waals surface area contributed by atoms with Crippen LogP contribution >= 0.6 is 11.8 Å². The first-order valence-electron chi connectivity index (χ1n) is 4.98. The van der Waals surface area contributed by atoms with Crippen molar-refractivity contribution in [3.05, 3.63) is 0 Å². The van der Waals surface area contributed by atoms with E-state index in [2.05, 4.69) is 33.0 Å². The average molecular weight is 237 g/mol. The van der Waals surface area contributed by atoms with Crippen molar-refractivity contribution in [1.82, 2.24) is 5.32 Å². The molecule has 0 unspecified atom stereocenters. The highest BCUT2D eigenvalue weighted by Crippen LogP contribution is 2.23. The summed E-state index contributed by atoms with van der Waals surface area (Å²) in [4.78, 5) is 0. The van der Waals surface area contributed by atoms with Crippen LogP contribution in [0.4, 0.5) is 0 Å². The highest BCUT2D eigenvalue weighted by molar-refractivity contribution is 8.00. The molecule has 0 saturated heterocycles. The Balaban J connectivity index is 3.46. The van der Waals surface area contributed by atoms with Crippen molar-refractivity contribution in [2.75, 3.05) is 24.3 Å². The van der Waals surface area contributed by atoms with Crippen LogP contribution in [-0.2, 0) is 10.8 Å². The Morgan fingerprint density at radius 2 is 2.00 bits per heavy atom. The maximum Gasteiger partial charge on any atom is 0.0357 e. The molecule has 0 rings (SSSR count). The summed E-state index contributed by atoms with van der Waals surface area (Å²) in [5.41, 5.74) is 0. The number of thioether (sulfide) groups is 1. The van der Waals surface area contributed by atoms with Crippen LogP contribution in [-0.4, -0.2) is 39.3 Å². The number of nitrogens with one attached hydrogen (secondary N) is 1. The van der Waals surface area contributed by atoms with Gasteiger partial charge in [0.15, 0.2) is 0 Å². The van der Waals surface area contributed by atoms with Gasteiger partial charge in [-0.15, -0.1) is 0 Å². The first-order valence-corrected chi connectivity index (χ1v) is 7.70. The van der Waals surface area contributed by atoms with Crippen molar-refractivity contribution in [3.8, 4) is 0 Å². The zero-order valence-corrected chi connectivity index (χ0v) is 11.6. The molecule has 0 fully saturated rings. The lowest BCUT2D eigenvalue weighted by atomic mass is 10.3. The molecule has 0 aromatic rings. The third kappa shape index (κ3) is 10.5. The Morgan fingerprint density at radius 3 is 2.43 bits per heavy atom. The summed E-state index contributed by atoms with van der Waals surface area (Å²) in [5.74, 6) is 1.87. The van der Waals surface area contributed by atoms with E-state index >= 15 is 0 Å². The Kier molecular flexibility index (Phi) is 7.08. The fraction of sp³-hybridized carbons (Fsp3) is 1.00. The van der Waals surface area contributed by atoms with E-state index in [1.165, 1.54) is 0 Å². The molecule has 14 heavy (non-hydrogen) atoms. The minimum atomic E-state index is -0.672. The molecule has 0 saturated carbocycles. The molecule has 0 radical (unpaired) electrons. The van der Waals surface area contributed by atoms with Gasteiger partial charge in [0.05, 0.1) is 0 Å². The molecule has 0 bridgehead atoms. The minimum absolute atomic E-state index is 0.337. The first-order chi connectivity index (χ1) is 6.31. The van der Waals surface area contributed by atoms with Gasteiger partial charge >= 0.3 is 0 Å². The van der Waals surface area contributed by atoms with E-state index < -0.39 is 10.8 Å². The van der Waals surface area contributed by atoms with Crippen molar-refractivity contribution < 1.29 is 4.21 Å². The fourth-order valence-corrected chi connectivity index (χ4v) is 2.16. The van der Waals surface area contributed by atoms with E-state index in [1.54, 1.807) is 6.26 Å². The van der Waals surface area contributed by atoms with Gasteiger partial charge in [-0.05, 0) is 6.92 Å². The van der Waals surface area contributed by atoms with Crippen molar-refractivity contribution >= 4 is 22.6 Å². The normalized spacial score (nSPS) is 16.6. The number of hydrogen-bond acceptors (Lipinski definition) is 3. The lowest BCUT2D eigenvalue weighted by Crippen LogP contribution is -2.32. The average Bonchev–Trinajstić information content (AvgIpc) is 1.99. The molecule has 0 amide bonds. The Hall–Kier alpha value is 0.460. The molecule has 0 aliphatic rings. The van der Waals surface area contributed by atoms with Crippen LogP contribution in [0.2, 0.25) is 0 Å². The molecule has 2 nitrogen and oxygen atoms in total. The summed E-state index contributed by atoms with van der Waals surface area (Å²) in [6, 6.07) is 0.503. The molecule has 0 aromatic heterocycles. The Morgan fingerprint density at radius 1 is 1.43 bits per heavy atom. The van der Waals surface area contributed by atoms with Crippen LogP contribution < -0.4 is 5.32 Å². The largest absolute Gasteiger partial charge is 0.313 e. The van der Waals surface area contributed by atoms with Crippen LogP contribution in [0.5, 0.6) is 0 Å². The van der Waals surface area contributed by atoms with Gasteiger partial charge in [-0.3, -0.25) is 4.21 Å². The Bertz CT molecular complexity index is 177. The van der Waals surface area contributed by atoms with Gasteiger partial charge in [0.25, 0.3) is 0 Å². The van der Waals surface area contributed by atoms with Crippen molar-refractivity contribution in [2.45, 2.75) is 38.5 Å². The molecule has 0 aliphatic heterocycles. The Labute approximate surface area is 95.1 Å². The maximum absolute atomic E-state index is 10.8. The van der Waals surface area contributed by atoms with Crippen LogP contribution in [0.3, 0.4) is 0 Å². The second-order valence-corrected chi connectivity index (χ2v) is 7.96. The minimum Gasteiger partial charge on any atom is -0.313 e. The van der Waals surface area contributed by atoms with E-state index in [1.807, 2.05) is 11.8 Å². The van der Waals surface area contributed by atoms with Crippen LogP contribution in [0.1, 0.15) is 27.7 Å². The summed E-state index contributed by atoms with van der Waals surface area (Å²) in [6.07, 6.45) is 1.75. The van der Waals surface area contributed by atoms with Gasteiger partial charge in [0.2, 0.25) is 0 Å². The third-order valence-electron chi connectivity index (χ3n) is 1.65. The molecule has 2 atom stereocenters. The smallest absolute Gasteiger partial charge is 0.0357 e. The van der Waals surface area contributed by atoms with Gasteiger partial charge in [0.1, 0.15) is 0 Å². The van der Waals surface area contributed by atoms with Crippen molar-refractivity contribution in [3.63, 3.8) is 0 Å². The monoisotopic (exact) mass is 237 g/mol. The van der Waals surface area contributed by atoms with Gasteiger partial charge < -0.3 is 5.32 Å². The molecular weight excluding hydrogens is 214 g/mol. The number of hydrogen-bond donors (Lipinski definition) is 1. The molecular formula is C10H23NOS2. The molecule has 4 heteroatoms. The fourth-order valence-electron chi connectivity index (χ4n) is 0.883. The SMILES string of the molecule is C[C@@H](CSC(C)(C)C)NCC[S@@](C)=O. The summed E-state index contributed by atoms with van der Waals surface area (Å²) in [5, 5.41) is 3.37. The molecule has 86 valence electrons. The maximum atomic E-state index is 10.8. The topological polar surface area (TPSA) is 29.1 Å². The van der Waals surface area contributed by atoms with E-state index in [4.69, 9.17) is 0 Å². The van der Waals surface area contributed by atoms with Gasteiger partial charge in [0, 0.05) is 45.9 Å². The highest BCUT2D eigenvalue weighted by atomic mass is 32.2. The van der Waals surface area contributed by atoms with Crippen LogP contribution in [0, 0.1) is 0 Å². The summed E-state index contributed by atoms with van der Waals surface area (Å²) < 4.78 is 11.1. The predicted octanol–water partition coefficient (Wildman–Crippen LogP) is 1.87. The lowest BCUT2D eigenvalue weighted by molar-refractivity contribution is 0.615. The van der Waals surface area contributed by atoms with Crippen LogP contribution in [0.25, 0.3) is 0 Å². The zero-order valence-electron chi connectivity index (χ0n) is 9.92. The first kappa shape index (κ1) is 14.5. The molecule has 1 N–H and O–H groups in total. The molecule has 0 heterocycles. The molecule has 0 aliphatic carbocycles. The quantitative estimate of drug-likeness (QED) is 0.765. The summed E-state index contributed by atoms with van der Waals surface area (Å²) in [6.45, 7) is 9.72. The third-order valence-corrected chi connectivity index (χ3v) is 3.96. The highest BCUT2D eigenvalue weighted by Gasteiger charge is 2.12. The zero-order chi connectivity index (χ0) is 11.2. The van der Waals surface area contributed by atoms with Gasteiger partial charge in [-0.2, -0.15) is 11.8 Å². The second-order valence-electron chi connectivity index (χ2n) is 4.56. The van der Waals surface area contributed by atoms with Gasteiger partial charge in [-0.25, -0.2) is 0 Å². The lowest BCUT2D eigenvalue weighted by Gasteiger charge is -2.21. The number of rotatable bonds is 6. The standard InChI is InChI=1S/C10H23NOS2/c1-9(8-13-10(2,3)4)11-6-7-14(5)12/h9,11H,6-8H2,1-5H3/t9-,14+/m0/s1. The predicted molar refractivity (Wildman–Crippen MR) is 68.6 cm³/mol. The van der Waals surface area contributed by atoms with Gasteiger partial charge in [-0.1, -0.05) is 20.8 Å². The summed E-state index contributed by atoms with van der Waals surface area (Å²) >= 11 is 1.96. The van der Waals surface area contributed by atoms with Crippen molar-refractivity contribution in [1.29, 1.82) is 0 Å². The van der Waals surface area contributed by atoms with E-state index in [9.17, 15) is 4.21 Å². The molecule has 0 spiro atoms. The van der Waals surface area contributed by atoms with E-state index in [-0.39, 0.29) is 0 Å². The summed E-state index contributed by atoms with van der Waals surface area (Å²) in [7, 11) is -0.672. The second kappa shape index (κ2) is 6.85. The van der Waals surface area contributed by atoms with E-state index in [0.29, 0.717) is 10.8 Å². The van der Waals surface area contributed by atoms with E-state index in [0.717, 1.165) is 18.1 Å². The molecule has 0 aromatic carbocycles. The van der Waals surface area contributed by atoms with Crippen LogP contribution in [0.15, 0.2) is 0 Å². The van der Waals surface area contributed by atoms with Crippen molar-refractivity contribution in [2.24, 2.45) is 0 Å².